The monoisotopic (exact) mass is 452 g/mol. The molecule has 7 heteroatoms. The van der Waals surface area contributed by atoms with Crippen LogP contribution in [0.3, 0.4) is 0 Å². The first-order chi connectivity index (χ1) is 14.7. The molecule has 31 heavy (non-hydrogen) atoms. The van der Waals surface area contributed by atoms with Gasteiger partial charge in [0.15, 0.2) is 0 Å². The molecular formula is C24H41ClN4O2. The highest BCUT2D eigenvalue weighted by Gasteiger charge is 2.42. The zero-order valence-electron chi connectivity index (χ0n) is 19.6. The molecule has 0 aromatic carbocycles. The summed E-state index contributed by atoms with van der Waals surface area (Å²) in [4.78, 5) is 27.9. The summed E-state index contributed by atoms with van der Waals surface area (Å²) in [5.74, 6) is 1.17. The van der Waals surface area contributed by atoms with E-state index in [1.54, 1.807) is 0 Å². The van der Waals surface area contributed by atoms with Crippen LogP contribution in [-0.4, -0.2) is 60.5 Å². The Hall–Kier alpha value is -1.11. The number of hydrogen-bond donors (Lipinski definition) is 3. The molecule has 0 radical (unpaired) electrons. The van der Waals surface area contributed by atoms with E-state index >= 15 is 0 Å². The molecule has 3 N–H and O–H groups in total. The minimum atomic E-state index is -0.462. The van der Waals surface area contributed by atoms with Crippen molar-refractivity contribution in [3.63, 3.8) is 0 Å². The molecule has 2 saturated heterocycles. The molecule has 176 valence electrons. The minimum absolute atomic E-state index is 0.0351. The molecule has 0 aromatic heterocycles. The third-order valence-electron chi connectivity index (χ3n) is 7.30. The molecule has 2 fully saturated rings. The molecule has 0 aromatic rings. The normalized spacial score (nSPS) is 29.9. The summed E-state index contributed by atoms with van der Waals surface area (Å²) >= 11 is 6.24. The lowest BCUT2D eigenvalue weighted by Gasteiger charge is -2.48. The van der Waals surface area contributed by atoms with Crippen LogP contribution in [0, 0.1) is 23.2 Å². The average Bonchev–Trinajstić information content (AvgIpc) is 3.23. The van der Waals surface area contributed by atoms with Crippen molar-refractivity contribution in [3.05, 3.63) is 12.2 Å². The van der Waals surface area contributed by atoms with Gasteiger partial charge in [-0.3, -0.25) is 9.59 Å². The van der Waals surface area contributed by atoms with Crippen LogP contribution in [0.1, 0.15) is 59.8 Å². The second kappa shape index (κ2) is 10.7. The van der Waals surface area contributed by atoms with Crippen molar-refractivity contribution in [2.24, 2.45) is 23.2 Å². The van der Waals surface area contributed by atoms with E-state index in [-0.39, 0.29) is 34.7 Å². The van der Waals surface area contributed by atoms with Gasteiger partial charge in [0.05, 0.1) is 11.5 Å². The molecule has 0 bridgehead atoms. The Morgan fingerprint density at radius 3 is 2.45 bits per heavy atom. The topological polar surface area (TPSA) is 73.5 Å². The molecule has 4 atom stereocenters. The van der Waals surface area contributed by atoms with Crippen molar-refractivity contribution in [2.75, 3.05) is 26.2 Å². The summed E-state index contributed by atoms with van der Waals surface area (Å²) in [6.07, 6.45) is 8.96. The zero-order chi connectivity index (χ0) is 22.6. The van der Waals surface area contributed by atoms with Crippen molar-refractivity contribution in [1.82, 2.24) is 20.9 Å². The fourth-order valence-electron chi connectivity index (χ4n) is 5.50. The second-order valence-electron chi connectivity index (χ2n) is 10.6. The van der Waals surface area contributed by atoms with Gasteiger partial charge in [-0.15, -0.1) is 11.6 Å². The largest absolute Gasteiger partial charge is 0.344 e. The molecule has 6 nitrogen and oxygen atoms in total. The molecule has 3 rings (SSSR count). The Balaban J connectivity index is 1.56. The Bertz CT molecular complexity index is 660. The van der Waals surface area contributed by atoms with Gasteiger partial charge in [0.1, 0.15) is 6.04 Å². The number of hydrogen-bond acceptors (Lipinski definition) is 4. The van der Waals surface area contributed by atoms with Crippen molar-refractivity contribution < 1.29 is 9.59 Å². The van der Waals surface area contributed by atoms with Crippen molar-refractivity contribution in [2.45, 2.75) is 77.4 Å². The van der Waals surface area contributed by atoms with Crippen LogP contribution in [0.15, 0.2) is 12.2 Å². The lowest BCUT2D eigenvalue weighted by atomic mass is 9.65. The molecule has 3 unspecified atom stereocenters. The van der Waals surface area contributed by atoms with E-state index in [4.69, 9.17) is 11.6 Å². The molecular weight excluding hydrogens is 412 g/mol. The van der Waals surface area contributed by atoms with Crippen LogP contribution in [0.4, 0.5) is 0 Å². The van der Waals surface area contributed by atoms with Crippen LogP contribution in [0.2, 0.25) is 0 Å². The first-order valence-corrected chi connectivity index (χ1v) is 12.5. The third kappa shape index (κ3) is 6.45. The quantitative estimate of drug-likeness (QED) is 0.410. The summed E-state index contributed by atoms with van der Waals surface area (Å²) in [7, 11) is 0. The number of likely N-dealkylation sites (tertiary alicyclic amines) is 1. The molecule has 0 spiro atoms. The van der Waals surface area contributed by atoms with Crippen molar-refractivity contribution in [3.8, 4) is 0 Å². The molecule has 2 amide bonds. The fraction of sp³-hybridized carbons (Fsp3) is 0.833. The van der Waals surface area contributed by atoms with E-state index in [2.05, 4.69) is 41.9 Å². The van der Waals surface area contributed by atoms with Crippen molar-refractivity contribution in [1.29, 1.82) is 0 Å². The Morgan fingerprint density at radius 2 is 1.87 bits per heavy atom. The molecule has 2 heterocycles. The number of piperidine rings is 1. The molecule has 1 aliphatic carbocycles. The summed E-state index contributed by atoms with van der Waals surface area (Å²) < 4.78 is 0. The predicted molar refractivity (Wildman–Crippen MR) is 126 cm³/mol. The summed E-state index contributed by atoms with van der Waals surface area (Å²) in [6.45, 7) is 12.0. The van der Waals surface area contributed by atoms with Crippen LogP contribution in [-0.2, 0) is 9.59 Å². The Morgan fingerprint density at radius 1 is 1.16 bits per heavy atom. The average molecular weight is 453 g/mol. The fourth-order valence-corrected chi connectivity index (χ4v) is 5.71. The van der Waals surface area contributed by atoms with Gasteiger partial charge in [0, 0.05) is 32.6 Å². The van der Waals surface area contributed by atoms with Crippen LogP contribution >= 0.6 is 11.6 Å². The first kappa shape index (κ1) is 24.5. The number of amides is 2. The van der Waals surface area contributed by atoms with Crippen LogP contribution < -0.4 is 16.0 Å². The Labute approximate surface area is 192 Å². The number of rotatable bonds is 7. The summed E-state index contributed by atoms with van der Waals surface area (Å²) in [6, 6.07) is -0.462. The van der Waals surface area contributed by atoms with Crippen molar-refractivity contribution >= 4 is 23.4 Å². The van der Waals surface area contributed by atoms with Gasteiger partial charge in [0.2, 0.25) is 11.8 Å². The number of nitrogens with one attached hydrogen (secondary N) is 3. The maximum atomic E-state index is 13.4. The minimum Gasteiger partial charge on any atom is -0.344 e. The SMILES string of the molecule is CC(C)[C@@H](NC(=O)CCC1NCCN1)C(=O)N1CCC(C2C=CC(Cl)CC2)C(C)(C)C1. The highest BCUT2D eigenvalue weighted by Crippen LogP contribution is 2.43. The molecule has 0 saturated carbocycles. The van der Waals surface area contributed by atoms with Gasteiger partial charge < -0.3 is 20.9 Å². The third-order valence-corrected chi connectivity index (χ3v) is 7.66. The highest BCUT2D eigenvalue weighted by atomic mass is 35.5. The molecule has 3 aliphatic rings. The van der Waals surface area contributed by atoms with E-state index in [0.717, 1.165) is 51.9 Å². The lowest BCUT2D eigenvalue weighted by Crippen LogP contribution is -2.57. The highest BCUT2D eigenvalue weighted by molar-refractivity contribution is 6.21. The van der Waals surface area contributed by atoms with E-state index in [9.17, 15) is 9.59 Å². The van der Waals surface area contributed by atoms with E-state index in [1.807, 2.05) is 18.7 Å². The molecule has 2 aliphatic heterocycles. The van der Waals surface area contributed by atoms with Gasteiger partial charge in [0.25, 0.3) is 0 Å². The van der Waals surface area contributed by atoms with Gasteiger partial charge in [-0.2, -0.15) is 0 Å². The summed E-state index contributed by atoms with van der Waals surface area (Å²) in [5.41, 5.74) is 0.0351. The van der Waals surface area contributed by atoms with Gasteiger partial charge in [-0.1, -0.05) is 39.8 Å². The second-order valence-corrected chi connectivity index (χ2v) is 11.1. The van der Waals surface area contributed by atoms with Crippen LogP contribution in [0.25, 0.3) is 0 Å². The summed E-state index contributed by atoms with van der Waals surface area (Å²) in [5, 5.41) is 9.85. The maximum absolute atomic E-state index is 13.4. The van der Waals surface area contributed by atoms with E-state index in [1.165, 1.54) is 0 Å². The maximum Gasteiger partial charge on any atom is 0.245 e. The van der Waals surface area contributed by atoms with E-state index in [0.29, 0.717) is 18.3 Å². The van der Waals surface area contributed by atoms with Gasteiger partial charge in [-0.25, -0.2) is 0 Å². The lowest BCUT2D eigenvalue weighted by molar-refractivity contribution is -0.142. The number of carbonyl (C=O) groups excluding carboxylic acids is 2. The van der Waals surface area contributed by atoms with Gasteiger partial charge in [-0.05, 0) is 48.9 Å². The number of nitrogens with zero attached hydrogens (tertiary/aromatic N) is 1. The number of carbonyl (C=O) groups is 2. The van der Waals surface area contributed by atoms with Gasteiger partial charge >= 0.3 is 0 Å². The zero-order valence-corrected chi connectivity index (χ0v) is 20.4. The number of alkyl halides is 1. The van der Waals surface area contributed by atoms with E-state index < -0.39 is 6.04 Å². The first-order valence-electron chi connectivity index (χ1n) is 12.0. The Kier molecular flexibility index (Phi) is 8.44. The smallest absolute Gasteiger partial charge is 0.245 e. The number of halogens is 1. The predicted octanol–water partition coefficient (Wildman–Crippen LogP) is 2.87. The standard InChI is InChI=1S/C24H41ClN4O2/c1-16(2)22(28-21(30)10-9-20-26-12-13-27-20)23(31)29-14-11-19(24(3,4)15-29)17-5-7-18(25)8-6-17/h5,7,16-20,22,26-27H,6,8-15H2,1-4H3,(H,28,30)/t17?,18?,19?,22-/m1/s1. The van der Waals surface area contributed by atoms with Crippen LogP contribution in [0.5, 0.6) is 0 Å². The number of allylic oxidation sites excluding steroid dienone is 2.